The van der Waals surface area contributed by atoms with Crippen LogP contribution in [-0.4, -0.2) is 30.8 Å². The molecule has 0 bridgehead atoms. The Balaban J connectivity index is 1.74. The summed E-state index contributed by atoms with van der Waals surface area (Å²) in [6.45, 7) is 0. The van der Waals surface area contributed by atoms with Crippen LogP contribution in [0.5, 0.6) is 0 Å². The lowest BCUT2D eigenvalue weighted by atomic mass is 9.99. The van der Waals surface area contributed by atoms with Crippen molar-refractivity contribution in [2.75, 3.05) is 11.6 Å². The normalized spacial score (nSPS) is 11.3. The van der Waals surface area contributed by atoms with Crippen LogP contribution in [0.3, 0.4) is 0 Å². The molecular formula is C23H17ClFN3O3S. The van der Waals surface area contributed by atoms with Gasteiger partial charge in [0.05, 0.1) is 15.6 Å². The molecule has 4 rings (SSSR count). The van der Waals surface area contributed by atoms with Crippen LogP contribution >= 0.6 is 11.6 Å². The minimum Gasteiger partial charge on any atom is -0.322 e. The van der Waals surface area contributed by atoms with Gasteiger partial charge in [-0.3, -0.25) is 9.89 Å². The summed E-state index contributed by atoms with van der Waals surface area (Å²) >= 11 is 6.27. The lowest BCUT2D eigenvalue weighted by Gasteiger charge is -2.13. The Hall–Kier alpha value is -3.49. The third-order valence-electron chi connectivity index (χ3n) is 4.83. The van der Waals surface area contributed by atoms with Crippen molar-refractivity contribution in [1.29, 1.82) is 0 Å². The summed E-state index contributed by atoms with van der Waals surface area (Å²) in [6, 6.07) is 16.5. The van der Waals surface area contributed by atoms with Crippen LogP contribution in [0.1, 0.15) is 10.4 Å². The minimum atomic E-state index is -3.51. The van der Waals surface area contributed by atoms with Gasteiger partial charge < -0.3 is 5.32 Å². The lowest BCUT2D eigenvalue weighted by Crippen LogP contribution is -2.14. The van der Waals surface area contributed by atoms with Crippen LogP contribution in [0.25, 0.3) is 22.4 Å². The van der Waals surface area contributed by atoms with Crippen molar-refractivity contribution in [3.05, 3.63) is 89.3 Å². The first-order chi connectivity index (χ1) is 15.2. The summed E-state index contributed by atoms with van der Waals surface area (Å²) < 4.78 is 37.5. The fourth-order valence-electron chi connectivity index (χ4n) is 3.23. The summed E-state index contributed by atoms with van der Waals surface area (Å²) in [5.74, 6) is -0.895. The molecule has 0 fully saturated rings. The van der Waals surface area contributed by atoms with Crippen molar-refractivity contribution in [2.24, 2.45) is 0 Å². The second kappa shape index (κ2) is 8.57. The Bertz CT molecular complexity index is 1400. The highest BCUT2D eigenvalue weighted by atomic mass is 35.5. The molecule has 0 spiro atoms. The maximum Gasteiger partial charge on any atom is 0.256 e. The predicted octanol–water partition coefficient (Wildman–Crippen LogP) is 5.19. The van der Waals surface area contributed by atoms with Crippen LogP contribution in [-0.2, 0) is 9.84 Å². The van der Waals surface area contributed by atoms with E-state index in [-0.39, 0.29) is 10.5 Å². The highest BCUT2D eigenvalue weighted by Gasteiger charge is 2.18. The molecule has 1 heterocycles. The number of carbonyl (C=O) groups excluding carboxylic acids is 1. The van der Waals surface area contributed by atoms with E-state index in [4.69, 9.17) is 11.6 Å². The van der Waals surface area contributed by atoms with Crippen LogP contribution in [0.15, 0.2) is 77.8 Å². The largest absolute Gasteiger partial charge is 0.322 e. The van der Waals surface area contributed by atoms with E-state index in [1.165, 1.54) is 42.5 Å². The number of aromatic nitrogens is 2. The quantitative estimate of drug-likeness (QED) is 0.420. The molecule has 6 nitrogen and oxygen atoms in total. The molecule has 0 radical (unpaired) electrons. The summed E-state index contributed by atoms with van der Waals surface area (Å²) in [6.07, 6.45) is 2.68. The first-order valence-electron chi connectivity index (χ1n) is 9.43. The monoisotopic (exact) mass is 469 g/mol. The average molecular weight is 470 g/mol. The Labute approximate surface area is 189 Å². The predicted molar refractivity (Wildman–Crippen MR) is 122 cm³/mol. The number of nitrogens with one attached hydrogen (secondary N) is 2. The zero-order valence-electron chi connectivity index (χ0n) is 16.8. The van der Waals surface area contributed by atoms with Gasteiger partial charge in [-0.25, -0.2) is 12.8 Å². The summed E-state index contributed by atoms with van der Waals surface area (Å²) in [4.78, 5) is 13.2. The first-order valence-corrected chi connectivity index (χ1v) is 11.7. The Morgan fingerprint density at radius 2 is 1.75 bits per heavy atom. The number of hydrogen-bond acceptors (Lipinski definition) is 4. The smallest absolute Gasteiger partial charge is 0.256 e. The van der Waals surface area contributed by atoms with Crippen LogP contribution in [0.2, 0.25) is 5.02 Å². The molecule has 3 aromatic carbocycles. The number of nitrogens with zero attached hydrogens (tertiary/aromatic N) is 1. The first kappa shape index (κ1) is 21.7. The molecule has 9 heteroatoms. The number of H-pyrrole nitrogens is 1. The van der Waals surface area contributed by atoms with Gasteiger partial charge in [0, 0.05) is 29.3 Å². The number of rotatable bonds is 5. The van der Waals surface area contributed by atoms with Crippen molar-refractivity contribution < 1.29 is 17.6 Å². The van der Waals surface area contributed by atoms with Crippen molar-refractivity contribution in [3.8, 4) is 22.4 Å². The molecule has 162 valence electrons. The number of anilines is 1. The summed E-state index contributed by atoms with van der Waals surface area (Å²) in [5, 5.41) is 10.0. The highest BCUT2D eigenvalue weighted by molar-refractivity contribution is 7.90. The molecule has 1 aromatic heterocycles. The molecule has 0 unspecified atom stereocenters. The Kier molecular flexibility index (Phi) is 5.82. The SMILES string of the molecule is CS(=O)(=O)c1ccc(C(=O)Nc2ccc(Cl)c(-c3ccn[nH]3)c2)c(-c2ccc(F)cc2)c1. The maximum absolute atomic E-state index is 13.4. The molecule has 4 aromatic rings. The molecule has 1 amide bonds. The molecule has 0 saturated heterocycles. The van der Waals surface area contributed by atoms with Crippen molar-refractivity contribution in [2.45, 2.75) is 4.90 Å². The minimum absolute atomic E-state index is 0.0569. The number of amides is 1. The lowest BCUT2D eigenvalue weighted by molar-refractivity contribution is 0.102. The second-order valence-corrected chi connectivity index (χ2v) is 9.53. The van der Waals surface area contributed by atoms with E-state index in [2.05, 4.69) is 15.5 Å². The van der Waals surface area contributed by atoms with E-state index in [1.807, 2.05) is 0 Å². The van der Waals surface area contributed by atoms with Gasteiger partial charge in [0.15, 0.2) is 9.84 Å². The third-order valence-corrected chi connectivity index (χ3v) is 6.27. The molecule has 0 aliphatic heterocycles. The van der Waals surface area contributed by atoms with E-state index in [0.29, 0.717) is 33.1 Å². The number of benzene rings is 3. The number of carbonyl (C=O) groups is 1. The Morgan fingerprint density at radius 1 is 1.00 bits per heavy atom. The molecule has 32 heavy (non-hydrogen) atoms. The van der Waals surface area contributed by atoms with Crippen LogP contribution in [0, 0.1) is 5.82 Å². The molecule has 0 aliphatic carbocycles. The van der Waals surface area contributed by atoms with Gasteiger partial charge in [0.1, 0.15) is 5.82 Å². The zero-order valence-corrected chi connectivity index (χ0v) is 18.3. The van der Waals surface area contributed by atoms with E-state index < -0.39 is 21.6 Å². The van der Waals surface area contributed by atoms with Gasteiger partial charge in [-0.05, 0) is 65.7 Å². The van der Waals surface area contributed by atoms with Crippen LogP contribution in [0.4, 0.5) is 10.1 Å². The van der Waals surface area contributed by atoms with Crippen LogP contribution < -0.4 is 5.32 Å². The van der Waals surface area contributed by atoms with Gasteiger partial charge in [-0.2, -0.15) is 5.10 Å². The van der Waals surface area contributed by atoms with Crippen molar-refractivity contribution in [1.82, 2.24) is 10.2 Å². The van der Waals surface area contributed by atoms with E-state index in [1.54, 1.807) is 30.5 Å². The number of aromatic amines is 1. The van der Waals surface area contributed by atoms with E-state index in [0.717, 1.165) is 6.26 Å². The average Bonchev–Trinajstić information content (AvgIpc) is 3.29. The fraction of sp³-hybridized carbons (Fsp3) is 0.0435. The van der Waals surface area contributed by atoms with Gasteiger partial charge in [0.2, 0.25) is 0 Å². The van der Waals surface area contributed by atoms with Gasteiger partial charge in [-0.1, -0.05) is 23.7 Å². The summed E-state index contributed by atoms with van der Waals surface area (Å²) in [7, 11) is -3.51. The maximum atomic E-state index is 13.4. The topological polar surface area (TPSA) is 91.9 Å². The molecule has 0 atom stereocenters. The van der Waals surface area contributed by atoms with Crippen molar-refractivity contribution in [3.63, 3.8) is 0 Å². The zero-order chi connectivity index (χ0) is 22.9. The molecule has 0 saturated carbocycles. The van der Waals surface area contributed by atoms with Gasteiger partial charge in [-0.15, -0.1) is 0 Å². The molecular weight excluding hydrogens is 453 g/mol. The van der Waals surface area contributed by atoms with E-state index in [9.17, 15) is 17.6 Å². The number of hydrogen-bond donors (Lipinski definition) is 2. The second-order valence-electron chi connectivity index (χ2n) is 7.11. The number of sulfone groups is 1. The Morgan fingerprint density at radius 3 is 2.41 bits per heavy atom. The third kappa shape index (κ3) is 4.56. The molecule has 2 N–H and O–H groups in total. The number of halogens is 2. The highest BCUT2D eigenvalue weighted by Crippen LogP contribution is 2.31. The molecule has 0 aliphatic rings. The standard InChI is InChI=1S/C23H17ClFN3O3S/c1-32(30,31)17-7-8-18(19(13-17)14-2-4-15(25)5-3-14)23(29)27-16-6-9-21(24)20(12-16)22-10-11-26-28-22/h2-13H,1H3,(H,26,28)(H,27,29). The van der Waals surface area contributed by atoms with Gasteiger partial charge >= 0.3 is 0 Å². The van der Waals surface area contributed by atoms with E-state index >= 15 is 0 Å². The summed E-state index contributed by atoms with van der Waals surface area (Å²) in [5.41, 5.74) is 2.96. The van der Waals surface area contributed by atoms with Gasteiger partial charge in [0.25, 0.3) is 5.91 Å². The van der Waals surface area contributed by atoms with Crippen molar-refractivity contribution >= 4 is 33.0 Å². The fourth-order valence-corrected chi connectivity index (χ4v) is 4.10.